The Hall–Kier alpha value is -2.28. The van der Waals surface area contributed by atoms with Crippen LogP contribution in [0.2, 0.25) is 5.02 Å². The van der Waals surface area contributed by atoms with Gasteiger partial charge in [-0.2, -0.15) is 0 Å². The highest BCUT2D eigenvalue weighted by molar-refractivity contribution is 9.10. The highest BCUT2D eigenvalue weighted by atomic mass is 79.9. The molecule has 1 aromatic heterocycles. The number of likely N-dealkylation sites (N-methyl/N-ethyl adjacent to an activating group) is 1. The van der Waals surface area contributed by atoms with Crippen molar-refractivity contribution in [2.75, 3.05) is 6.54 Å². The molecule has 0 atom stereocenters. The van der Waals surface area contributed by atoms with Gasteiger partial charge in [-0.05, 0) is 83.0 Å². The van der Waals surface area contributed by atoms with E-state index in [0.29, 0.717) is 33.2 Å². The summed E-state index contributed by atoms with van der Waals surface area (Å²) in [6, 6.07) is 17.4. The second kappa shape index (κ2) is 9.47. The lowest BCUT2D eigenvalue weighted by Crippen LogP contribution is -2.28. The van der Waals surface area contributed by atoms with Gasteiger partial charge in [0.1, 0.15) is 11.5 Å². The van der Waals surface area contributed by atoms with Crippen molar-refractivity contribution in [1.29, 1.82) is 0 Å². The zero-order chi connectivity index (χ0) is 22.0. The highest BCUT2D eigenvalue weighted by Gasteiger charge is 2.32. The van der Waals surface area contributed by atoms with Crippen LogP contribution in [0.25, 0.3) is 17.4 Å². The van der Waals surface area contributed by atoms with Crippen molar-refractivity contribution in [3.8, 4) is 11.3 Å². The Morgan fingerprint density at radius 1 is 1.16 bits per heavy atom. The first-order valence-electron chi connectivity index (χ1n) is 9.93. The lowest BCUT2D eigenvalue weighted by atomic mass is 10.1. The number of amides is 1. The van der Waals surface area contributed by atoms with Crippen molar-refractivity contribution in [3.05, 3.63) is 80.3 Å². The molecular formula is C24H20BrClN2O2S. The van der Waals surface area contributed by atoms with Crippen LogP contribution in [0.15, 0.2) is 73.4 Å². The fraction of sp³-hybridized carbons (Fsp3) is 0.167. The van der Waals surface area contributed by atoms with Crippen molar-refractivity contribution >= 4 is 62.1 Å². The summed E-state index contributed by atoms with van der Waals surface area (Å²) in [5.74, 6) is 1.26. The maximum atomic E-state index is 12.9. The van der Waals surface area contributed by atoms with Gasteiger partial charge >= 0.3 is 0 Å². The molecule has 1 amide bonds. The van der Waals surface area contributed by atoms with Crippen LogP contribution in [0.4, 0.5) is 5.69 Å². The average molecular weight is 516 g/mol. The number of amidine groups is 1. The number of hydrogen-bond acceptors (Lipinski definition) is 4. The molecule has 0 aliphatic carbocycles. The van der Waals surface area contributed by atoms with Crippen molar-refractivity contribution in [2.45, 2.75) is 20.3 Å². The number of aryl methyl sites for hydroxylation is 1. The predicted molar refractivity (Wildman–Crippen MR) is 133 cm³/mol. The minimum absolute atomic E-state index is 0.0626. The summed E-state index contributed by atoms with van der Waals surface area (Å²) in [7, 11) is 0. The van der Waals surface area contributed by atoms with E-state index in [1.165, 1.54) is 11.8 Å². The average Bonchev–Trinajstić information content (AvgIpc) is 3.35. The summed E-state index contributed by atoms with van der Waals surface area (Å²) in [6.45, 7) is 4.60. The van der Waals surface area contributed by atoms with Crippen LogP contribution in [-0.2, 0) is 11.2 Å². The minimum atomic E-state index is -0.0626. The lowest BCUT2D eigenvalue weighted by Gasteiger charge is -2.12. The van der Waals surface area contributed by atoms with E-state index in [4.69, 9.17) is 21.0 Å². The van der Waals surface area contributed by atoms with Crippen LogP contribution in [0.3, 0.4) is 0 Å². The Kier molecular flexibility index (Phi) is 6.70. The van der Waals surface area contributed by atoms with Crippen molar-refractivity contribution < 1.29 is 9.21 Å². The van der Waals surface area contributed by atoms with E-state index in [1.54, 1.807) is 11.0 Å². The number of halogens is 2. The first-order chi connectivity index (χ1) is 15.0. The first-order valence-corrected chi connectivity index (χ1v) is 11.9. The topological polar surface area (TPSA) is 45.8 Å². The molecule has 7 heteroatoms. The molecule has 0 bridgehead atoms. The van der Waals surface area contributed by atoms with Gasteiger partial charge in [0.15, 0.2) is 5.17 Å². The third-order valence-electron chi connectivity index (χ3n) is 4.90. The molecule has 0 spiro atoms. The summed E-state index contributed by atoms with van der Waals surface area (Å²) in [6.07, 6.45) is 2.66. The molecule has 1 aliphatic heterocycles. The van der Waals surface area contributed by atoms with Crippen molar-refractivity contribution in [3.63, 3.8) is 0 Å². The summed E-state index contributed by atoms with van der Waals surface area (Å²) >= 11 is 10.9. The number of rotatable bonds is 5. The molecule has 1 saturated heterocycles. The zero-order valence-electron chi connectivity index (χ0n) is 17.1. The van der Waals surface area contributed by atoms with Crippen LogP contribution in [-0.4, -0.2) is 22.5 Å². The number of carbonyl (C=O) groups excluding carboxylic acids is 1. The molecule has 1 fully saturated rings. The van der Waals surface area contributed by atoms with Gasteiger partial charge in [0, 0.05) is 22.7 Å². The van der Waals surface area contributed by atoms with Crippen LogP contribution >= 0.6 is 39.3 Å². The van der Waals surface area contributed by atoms with Gasteiger partial charge in [-0.25, -0.2) is 4.99 Å². The lowest BCUT2D eigenvalue weighted by molar-refractivity contribution is -0.122. The van der Waals surface area contributed by atoms with E-state index >= 15 is 0 Å². The summed E-state index contributed by atoms with van der Waals surface area (Å²) < 4.78 is 6.77. The first kappa shape index (κ1) is 21.9. The number of thioether (sulfide) groups is 1. The summed E-state index contributed by atoms with van der Waals surface area (Å²) in [4.78, 5) is 20.0. The maximum Gasteiger partial charge on any atom is 0.266 e. The zero-order valence-corrected chi connectivity index (χ0v) is 20.2. The monoisotopic (exact) mass is 514 g/mol. The van der Waals surface area contributed by atoms with E-state index in [0.717, 1.165) is 27.7 Å². The maximum absolute atomic E-state index is 12.9. The number of carbonyl (C=O) groups is 1. The van der Waals surface area contributed by atoms with Crippen LogP contribution < -0.4 is 0 Å². The normalized spacial score (nSPS) is 16.6. The Labute approximate surface area is 199 Å². The third-order valence-corrected chi connectivity index (χ3v) is 7.12. The van der Waals surface area contributed by atoms with Crippen molar-refractivity contribution in [2.24, 2.45) is 4.99 Å². The molecule has 0 radical (unpaired) electrons. The quantitative estimate of drug-likeness (QED) is 0.330. The van der Waals surface area contributed by atoms with Crippen LogP contribution in [0.5, 0.6) is 0 Å². The second-order valence-electron chi connectivity index (χ2n) is 6.87. The number of benzene rings is 2. The van der Waals surface area contributed by atoms with Gasteiger partial charge in [0.2, 0.25) is 0 Å². The molecule has 31 heavy (non-hydrogen) atoms. The fourth-order valence-electron chi connectivity index (χ4n) is 3.26. The van der Waals surface area contributed by atoms with Gasteiger partial charge in [-0.3, -0.25) is 9.69 Å². The Bertz CT molecular complexity index is 1200. The number of para-hydroxylation sites is 1. The SMILES string of the molecule is CCc1ccccc1N=C1S/C(=C/c2ccc(-c3ccc(Cl)c(Br)c3)o2)C(=O)N1CC. The molecular weight excluding hydrogens is 496 g/mol. The third kappa shape index (κ3) is 4.66. The molecule has 158 valence electrons. The number of hydrogen-bond donors (Lipinski definition) is 0. The van der Waals surface area contributed by atoms with Crippen LogP contribution in [0.1, 0.15) is 25.2 Å². The number of nitrogens with zero attached hydrogens (tertiary/aromatic N) is 2. The largest absolute Gasteiger partial charge is 0.457 e. The predicted octanol–water partition coefficient (Wildman–Crippen LogP) is 7.55. The van der Waals surface area contributed by atoms with Gasteiger partial charge in [0.25, 0.3) is 5.91 Å². The van der Waals surface area contributed by atoms with E-state index in [-0.39, 0.29) is 5.91 Å². The van der Waals surface area contributed by atoms with Crippen molar-refractivity contribution in [1.82, 2.24) is 4.90 Å². The molecule has 4 nitrogen and oxygen atoms in total. The molecule has 0 N–H and O–H groups in total. The van der Waals surface area contributed by atoms with Gasteiger partial charge in [-0.15, -0.1) is 0 Å². The number of aliphatic imine (C=N–C) groups is 1. The molecule has 2 aromatic carbocycles. The smallest absolute Gasteiger partial charge is 0.266 e. The Balaban J connectivity index is 1.63. The van der Waals surface area contributed by atoms with Gasteiger partial charge in [-0.1, -0.05) is 36.7 Å². The van der Waals surface area contributed by atoms with Crippen LogP contribution in [0, 0.1) is 0 Å². The molecule has 3 aromatic rings. The molecule has 1 aliphatic rings. The molecule has 2 heterocycles. The Morgan fingerprint density at radius 2 is 1.97 bits per heavy atom. The van der Waals surface area contributed by atoms with Gasteiger partial charge in [0.05, 0.1) is 15.6 Å². The molecule has 4 rings (SSSR count). The molecule has 0 unspecified atom stereocenters. The minimum Gasteiger partial charge on any atom is -0.457 e. The molecule has 0 saturated carbocycles. The Morgan fingerprint density at radius 3 is 2.71 bits per heavy atom. The number of furan rings is 1. The standard InChI is InChI=1S/C24H20BrClN2O2S/c1-3-15-7-5-6-8-20(15)27-24-28(4-2)23(29)22(31-24)14-17-10-12-21(30-17)16-9-11-19(26)18(25)13-16/h5-14H,3-4H2,1-2H3/b22-14+,27-24?. The van der Waals surface area contributed by atoms with E-state index < -0.39 is 0 Å². The second-order valence-corrected chi connectivity index (χ2v) is 9.14. The van der Waals surface area contributed by atoms with Gasteiger partial charge < -0.3 is 4.42 Å². The van der Waals surface area contributed by atoms with E-state index in [2.05, 4.69) is 28.9 Å². The summed E-state index contributed by atoms with van der Waals surface area (Å²) in [5, 5.41) is 1.33. The van der Waals surface area contributed by atoms with E-state index in [1.807, 2.05) is 55.5 Å². The highest BCUT2D eigenvalue weighted by Crippen LogP contribution is 2.36. The van der Waals surface area contributed by atoms with E-state index in [9.17, 15) is 4.79 Å². The fourth-order valence-corrected chi connectivity index (χ4v) is 4.79. The summed E-state index contributed by atoms with van der Waals surface area (Å²) in [5.41, 5.74) is 2.95.